The second-order valence-corrected chi connectivity index (χ2v) is 5.12. The molecule has 0 bridgehead atoms. The smallest absolute Gasteiger partial charge is 0.400 e. The highest BCUT2D eigenvalue weighted by molar-refractivity contribution is 5.83. The molecule has 0 aromatic carbocycles. The van der Waals surface area contributed by atoms with Crippen molar-refractivity contribution >= 4 is 5.84 Å². The maximum Gasteiger partial charge on any atom is 0.400 e. The number of rotatable bonds is 4. The van der Waals surface area contributed by atoms with Crippen molar-refractivity contribution in [3.63, 3.8) is 0 Å². The van der Waals surface area contributed by atoms with E-state index in [9.17, 15) is 13.2 Å². The van der Waals surface area contributed by atoms with Crippen LogP contribution in [0.5, 0.6) is 0 Å². The minimum Gasteiger partial charge on any atom is -0.409 e. The highest BCUT2D eigenvalue weighted by atomic mass is 19.4. The van der Waals surface area contributed by atoms with Crippen molar-refractivity contribution in [3.8, 4) is 0 Å². The van der Waals surface area contributed by atoms with E-state index < -0.39 is 17.9 Å². The highest BCUT2D eigenvalue weighted by Gasteiger charge is 2.43. The molecule has 1 heterocycles. The standard InChI is InChI=1S/C12H22F3N3O/c1-2-9-4-3-6-18(7-5-9)8-10(11(16)17-19)12(13,14)15/h9-10,19H,2-8H2,1H3,(H2,16,17). The summed E-state index contributed by atoms with van der Waals surface area (Å²) in [5, 5.41) is 11.0. The minimum absolute atomic E-state index is 0.226. The van der Waals surface area contributed by atoms with Gasteiger partial charge in [0.25, 0.3) is 0 Å². The predicted molar refractivity (Wildman–Crippen MR) is 67.0 cm³/mol. The van der Waals surface area contributed by atoms with Crippen molar-refractivity contribution in [2.45, 2.75) is 38.8 Å². The molecule has 2 atom stereocenters. The van der Waals surface area contributed by atoms with Crippen molar-refractivity contribution < 1.29 is 18.4 Å². The van der Waals surface area contributed by atoms with Crippen LogP contribution in [0.25, 0.3) is 0 Å². The van der Waals surface area contributed by atoms with Crippen molar-refractivity contribution in [1.82, 2.24) is 4.90 Å². The number of nitrogens with two attached hydrogens (primary N) is 1. The van der Waals surface area contributed by atoms with Crippen molar-refractivity contribution in [3.05, 3.63) is 0 Å². The summed E-state index contributed by atoms with van der Waals surface area (Å²) in [4.78, 5) is 1.77. The summed E-state index contributed by atoms with van der Waals surface area (Å²) in [5.41, 5.74) is 5.17. The minimum atomic E-state index is -4.48. The third kappa shape index (κ3) is 4.89. The zero-order valence-corrected chi connectivity index (χ0v) is 11.2. The highest BCUT2D eigenvalue weighted by Crippen LogP contribution is 2.28. The Labute approximate surface area is 111 Å². The Morgan fingerprint density at radius 2 is 2.11 bits per heavy atom. The number of alkyl halides is 3. The van der Waals surface area contributed by atoms with Crippen LogP contribution in [0.2, 0.25) is 0 Å². The molecule has 4 nitrogen and oxygen atoms in total. The molecule has 2 unspecified atom stereocenters. The van der Waals surface area contributed by atoms with Gasteiger partial charge in [-0.15, -0.1) is 0 Å². The normalized spacial score (nSPS) is 25.1. The first-order valence-electron chi connectivity index (χ1n) is 6.65. The van der Waals surface area contributed by atoms with Gasteiger partial charge in [-0.2, -0.15) is 13.2 Å². The molecule has 112 valence electrons. The average Bonchev–Trinajstić information content (AvgIpc) is 2.58. The van der Waals surface area contributed by atoms with Gasteiger partial charge < -0.3 is 15.8 Å². The molecule has 19 heavy (non-hydrogen) atoms. The van der Waals surface area contributed by atoms with E-state index in [2.05, 4.69) is 12.1 Å². The van der Waals surface area contributed by atoms with E-state index in [1.165, 1.54) is 0 Å². The van der Waals surface area contributed by atoms with E-state index in [4.69, 9.17) is 10.9 Å². The zero-order chi connectivity index (χ0) is 14.5. The summed E-state index contributed by atoms with van der Waals surface area (Å²) < 4.78 is 38.6. The Kier molecular flexibility index (Phi) is 5.90. The molecule has 1 rings (SSSR count). The number of hydrogen-bond acceptors (Lipinski definition) is 3. The number of nitrogens with zero attached hydrogens (tertiary/aromatic N) is 2. The van der Waals surface area contributed by atoms with Gasteiger partial charge in [0, 0.05) is 6.54 Å². The summed E-state index contributed by atoms with van der Waals surface area (Å²) in [5.74, 6) is -2.06. The predicted octanol–water partition coefficient (Wildman–Crippen LogP) is 2.42. The molecular formula is C12H22F3N3O. The van der Waals surface area contributed by atoms with Gasteiger partial charge in [0.1, 0.15) is 5.92 Å². The fourth-order valence-electron chi connectivity index (χ4n) is 2.51. The molecule has 1 fully saturated rings. The van der Waals surface area contributed by atoms with Crippen LogP contribution in [0.1, 0.15) is 32.6 Å². The molecule has 1 saturated heterocycles. The Bertz CT molecular complexity index is 307. The lowest BCUT2D eigenvalue weighted by Crippen LogP contribution is -2.44. The summed E-state index contributed by atoms with van der Waals surface area (Å²) in [6.07, 6.45) is -0.534. The number of likely N-dealkylation sites (tertiary alicyclic amines) is 1. The van der Waals surface area contributed by atoms with Gasteiger partial charge in [0.2, 0.25) is 0 Å². The van der Waals surface area contributed by atoms with Crippen LogP contribution in [0.4, 0.5) is 13.2 Å². The summed E-state index contributed by atoms with van der Waals surface area (Å²) in [6, 6.07) is 0. The van der Waals surface area contributed by atoms with E-state index in [-0.39, 0.29) is 6.54 Å². The van der Waals surface area contributed by atoms with Crippen LogP contribution >= 0.6 is 0 Å². The Morgan fingerprint density at radius 3 is 2.63 bits per heavy atom. The van der Waals surface area contributed by atoms with Crippen molar-refractivity contribution in [2.75, 3.05) is 19.6 Å². The number of oxime groups is 1. The van der Waals surface area contributed by atoms with Gasteiger partial charge >= 0.3 is 6.18 Å². The van der Waals surface area contributed by atoms with E-state index in [1.807, 2.05) is 0 Å². The summed E-state index contributed by atoms with van der Waals surface area (Å²) >= 11 is 0. The first-order chi connectivity index (χ1) is 8.88. The Hall–Kier alpha value is -0.980. The van der Waals surface area contributed by atoms with Crippen molar-refractivity contribution in [2.24, 2.45) is 22.7 Å². The van der Waals surface area contributed by atoms with Crippen LogP contribution in [-0.2, 0) is 0 Å². The Morgan fingerprint density at radius 1 is 1.42 bits per heavy atom. The maximum absolute atomic E-state index is 12.9. The quantitative estimate of drug-likeness (QED) is 0.360. The van der Waals surface area contributed by atoms with E-state index in [0.29, 0.717) is 19.0 Å². The lowest BCUT2D eigenvalue weighted by Gasteiger charge is -2.27. The summed E-state index contributed by atoms with van der Waals surface area (Å²) in [6.45, 7) is 3.16. The molecule has 1 aliphatic rings. The average molecular weight is 281 g/mol. The molecular weight excluding hydrogens is 259 g/mol. The summed E-state index contributed by atoms with van der Waals surface area (Å²) in [7, 11) is 0. The van der Waals surface area contributed by atoms with Gasteiger partial charge in [-0.3, -0.25) is 0 Å². The second-order valence-electron chi connectivity index (χ2n) is 5.12. The van der Waals surface area contributed by atoms with Crippen LogP contribution in [0.15, 0.2) is 5.16 Å². The molecule has 0 saturated carbocycles. The molecule has 0 amide bonds. The Balaban J connectivity index is 2.64. The fraction of sp³-hybridized carbons (Fsp3) is 0.917. The fourth-order valence-corrected chi connectivity index (χ4v) is 2.51. The molecule has 0 aromatic rings. The van der Waals surface area contributed by atoms with Crippen LogP contribution in [0, 0.1) is 11.8 Å². The third-order valence-corrected chi connectivity index (χ3v) is 3.83. The maximum atomic E-state index is 12.9. The topological polar surface area (TPSA) is 61.8 Å². The number of hydrogen-bond donors (Lipinski definition) is 2. The molecule has 0 aliphatic carbocycles. The van der Waals surface area contributed by atoms with Gasteiger partial charge in [-0.1, -0.05) is 18.5 Å². The van der Waals surface area contributed by atoms with Crippen LogP contribution < -0.4 is 5.73 Å². The largest absolute Gasteiger partial charge is 0.409 e. The van der Waals surface area contributed by atoms with Crippen molar-refractivity contribution in [1.29, 1.82) is 0 Å². The molecule has 0 aromatic heterocycles. The third-order valence-electron chi connectivity index (χ3n) is 3.83. The SMILES string of the molecule is CCC1CCCN(CC(C(N)=NO)C(F)(F)F)CC1. The molecule has 1 aliphatic heterocycles. The molecule has 0 spiro atoms. The lowest BCUT2D eigenvalue weighted by molar-refractivity contribution is -0.160. The second kappa shape index (κ2) is 6.98. The van der Waals surface area contributed by atoms with Gasteiger partial charge in [0.15, 0.2) is 5.84 Å². The molecule has 0 radical (unpaired) electrons. The van der Waals surface area contributed by atoms with Gasteiger partial charge in [-0.05, 0) is 38.3 Å². The zero-order valence-electron chi connectivity index (χ0n) is 11.2. The van der Waals surface area contributed by atoms with Crippen LogP contribution in [-0.4, -0.2) is 41.8 Å². The number of amidine groups is 1. The molecule has 3 N–H and O–H groups in total. The van der Waals surface area contributed by atoms with E-state index in [0.717, 1.165) is 25.7 Å². The first kappa shape index (κ1) is 16.1. The first-order valence-corrected chi connectivity index (χ1v) is 6.65. The number of halogens is 3. The van der Waals surface area contributed by atoms with Gasteiger partial charge in [0.05, 0.1) is 0 Å². The van der Waals surface area contributed by atoms with E-state index in [1.54, 1.807) is 4.90 Å². The monoisotopic (exact) mass is 281 g/mol. The van der Waals surface area contributed by atoms with E-state index >= 15 is 0 Å². The molecule has 7 heteroatoms. The van der Waals surface area contributed by atoms with Crippen LogP contribution in [0.3, 0.4) is 0 Å². The van der Waals surface area contributed by atoms with Gasteiger partial charge in [-0.25, -0.2) is 0 Å². The lowest BCUT2D eigenvalue weighted by atomic mass is 9.98.